The molecule has 0 aromatic carbocycles. The highest BCUT2D eigenvalue weighted by atomic mass is 32.2. The smallest absolute Gasteiger partial charge is 0.319 e. The van der Waals surface area contributed by atoms with Crippen molar-refractivity contribution in [3.05, 3.63) is 0 Å². The van der Waals surface area contributed by atoms with E-state index < -0.39 is 22.0 Å². The van der Waals surface area contributed by atoms with Crippen LogP contribution in [-0.2, 0) is 20.4 Å². The van der Waals surface area contributed by atoms with Crippen molar-refractivity contribution in [2.24, 2.45) is 5.92 Å². The number of carbonyl (C=O) groups is 2. The Bertz CT molecular complexity index is 351. The van der Waals surface area contributed by atoms with Crippen molar-refractivity contribution < 1.29 is 18.9 Å². The van der Waals surface area contributed by atoms with E-state index >= 15 is 0 Å². The average Bonchev–Trinajstić information content (AvgIpc) is 2.28. The second-order valence-corrected chi connectivity index (χ2v) is 6.99. The molecular weight excluding hydrogens is 266 g/mol. The molecule has 0 bridgehead atoms. The molecule has 0 radical (unpaired) electrons. The number of hydrogen-bond acceptors (Lipinski definition) is 3. The summed E-state index contributed by atoms with van der Waals surface area (Å²) in [6.07, 6.45) is 5.35. The van der Waals surface area contributed by atoms with Gasteiger partial charge in [0.05, 0.1) is 0 Å². The Hall–Kier alpha value is -0.910. The Labute approximate surface area is 116 Å². The summed E-state index contributed by atoms with van der Waals surface area (Å²) in [6.45, 7) is 3.41. The first-order valence-electron chi connectivity index (χ1n) is 6.81. The predicted molar refractivity (Wildman–Crippen MR) is 74.3 cm³/mol. The Morgan fingerprint density at radius 1 is 1.26 bits per heavy atom. The molecule has 6 heteroatoms. The number of carboxylic acids is 1. The summed E-state index contributed by atoms with van der Waals surface area (Å²) in [4.78, 5) is 22.8. The van der Waals surface area contributed by atoms with Crippen molar-refractivity contribution in [2.45, 2.75) is 57.2 Å². The third kappa shape index (κ3) is 5.30. The van der Waals surface area contributed by atoms with Gasteiger partial charge in [-0.05, 0) is 18.8 Å². The molecule has 1 aliphatic carbocycles. The van der Waals surface area contributed by atoms with Crippen LogP contribution >= 0.6 is 0 Å². The number of carboxylic acid groups (broad SMARTS) is 1. The molecule has 0 heterocycles. The number of amides is 1. The van der Waals surface area contributed by atoms with Crippen LogP contribution in [0.15, 0.2) is 0 Å². The highest BCUT2D eigenvalue weighted by Crippen LogP contribution is 2.17. The van der Waals surface area contributed by atoms with E-state index in [1.807, 2.05) is 0 Å². The molecule has 5 nitrogen and oxygen atoms in total. The molecule has 0 saturated heterocycles. The van der Waals surface area contributed by atoms with Gasteiger partial charge in [-0.25, -0.2) is 0 Å². The maximum Gasteiger partial charge on any atom is 0.319 e. The van der Waals surface area contributed by atoms with Gasteiger partial charge in [-0.2, -0.15) is 0 Å². The van der Waals surface area contributed by atoms with Gasteiger partial charge in [0.2, 0.25) is 5.91 Å². The fourth-order valence-electron chi connectivity index (χ4n) is 2.44. The first-order valence-corrected chi connectivity index (χ1v) is 8.19. The van der Waals surface area contributed by atoms with E-state index in [9.17, 15) is 13.8 Å². The van der Waals surface area contributed by atoms with E-state index in [1.54, 1.807) is 13.8 Å². The van der Waals surface area contributed by atoms with E-state index in [4.69, 9.17) is 5.11 Å². The van der Waals surface area contributed by atoms with Crippen molar-refractivity contribution >= 4 is 22.7 Å². The van der Waals surface area contributed by atoms with Crippen molar-refractivity contribution in [1.82, 2.24) is 5.32 Å². The lowest BCUT2D eigenvalue weighted by Crippen LogP contribution is -2.41. The Kier molecular flexibility index (Phi) is 6.48. The van der Waals surface area contributed by atoms with Crippen LogP contribution in [0.4, 0.5) is 0 Å². The quantitative estimate of drug-likeness (QED) is 0.772. The molecule has 1 aliphatic rings. The molecule has 2 unspecified atom stereocenters. The molecule has 0 aromatic heterocycles. The van der Waals surface area contributed by atoms with E-state index in [0.29, 0.717) is 0 Å². The van der Waals surface area contributed by atoms with Gasteiger partial charge in [0.25, 0.3) is 0 Å². The molecule has 1 fully saturated rings. The molecular formula is C13H23NO4S. The van der Waals surface area contributed by atoms with Gasteiger partial charge in [-0.3, -0.25) is 13.8 Å². The van der Waals surface area contributed by atoms with Crippen molar-refractivity contribution in [1.29, 1.82) is 0 Å². The summed E-state index contributed by atoms with van der Waals surface area (Å²) < 4.78 is 11.9. The molecule has 0 aromatic rings. The van der Waals surface area contributed by atoms with E-state index in [1.165, 1.54) is 6.42 Å². The lowest BCUT2D eigenvalue weighted by Gasteiger charge is -2.23. The molecule has 1 rings (SSSR count). The highest BCUT2D eigenvalue weighted by molar-refractivity contribution is 7.87. The maximum atomic E-state index is 11.9. The van der Waals surface area contributed by atoms with Crippen LogP contribution in [0, 0.1) is 5.92 Å². The Morgan fingerprint density at radius 3 is 2.32 bits per heavy atom. The van der Waals surface area contributed by atoms with Crippen LogP contribution in [0.2, 0.25) is 0 Å². The fourth-order valence-corrected chi connectivity index (χ4v) is 3.79. The van der Waals surface area contributed by atoms with Gasteiger partial charge >= 0.3 is 5.97 Å². The SMILES string of the molecule is CC(C)C(C(=O)O)S(=O)CC(=O)NC1CCCCC1. The van der Waals surface area contributed by atoms with Crippen LogP contribution in [0.1, 0.15) is 46.0 Å². The van der Waals surface area contributed by atoms with Crippen molar-refractivity contribution in [3.8, 4) is 0 Å². The minimum atomic E-state index is -1.66. The largest absolute Gasteiger partial charge is 0.480 e. The zero-order valence-corrected chi connectivity index (χ0v) is 12.4. The lowest BCUT2D eigenvalue weighted by molar-refractivity contribution is -0.137. The number of rotatable bonds is 6. The van der Waals surface area contributed by atoms with Crippen LogP contribution < -0.4 is 5.32 Å². The molecule has 2 atom stereocenters. The second kappa shape index (κ2) is 7.62. The van der Waals surface area contributed by atoms with Crippen molar-refractivity contribution in [3.63, 3.8) is 0 Å². The molecule has 110 valence electrons. The van der Waals surface area contributed by atoms with Crippen LogP contribution in [0.3, 0.4) is 0 Å². The van der Waals surface area contributed by atoms with Crippen LogP contribution in [0.25, 0.3) is 0 Å². The van der Waals surface area contributed by atoms with Gasteiger partial charge < -0.3 is 10.4 Å². The van der Waals surface area contributed by atoms with Gasteiger partial charge in [-0.1, -0.05) is 33.1 Å². The monoisotopic (exact) mass is 289 g/mol. The summed E-state index contributed by atoms with van der Waals surface area (Å²) in [5.74, 6) is -1.86. The molecule has 19 heavy (non-hydrogen) atoms. The van der Waals surface area contributed by atoms with Crippen LogP contribution in [0.5, 0.6) is 0 Å². The number of hydrogen-bond donors (Lipinski definition) is 2. The first kappa shape index (κ1) is 16.1. The number of aliphatic carboxylic acids is 1. The average molecular weight is 289 g/mol. The van der Waals surface area contributed by atoms with Gasteiger partial charge in [0.1, 0.15) is 11.0 Å². The van der Waals surface area contributed by atoms with E-state index in [-0.39, 0.29) is 23.6 Å². The molecule has 1 saturated carbocycles. The van der Waals surface area contributed by atoms with Gasteiger partial charge in [0.15, 0.2) is 0 Å². The number of nitrogens with one attached hydrogen (secondary N) is 1. The van der Waals surface area contributed by atoms with Crippen molar-refractivity contribution in [2.75, 3.05) is 5.75 Å². The van der Waals surface area contributed by atoms with Gasteiger partial charge in [-0.15, -0.1) is 0 Å². The van der Waals surface area contributed by atoms with Gasteiger partial charge in [0, 0.05) is 16.8 Å². The molecule has 0 aliphatic heterocycles. The summed E-state index contributed by atoms with van der Waals surface area (Å²) >= 11 is 0. The minimum Gasteiger partial charge on any atom is -0.480 e. The van der Waals surface area contributed by atoms with E-state index in [2.05, 4.69) is 5.32 Å². The molecule has 2 N–H and O–H groups in total. The standard InChI is InChI=1S/C13H23NO4S/c1-9(2)12(13(16)17)19(18)8-11(15)14-10-6-4-3-5-7-10/h9-10,12H,3-8H2,1-2H3,(H,14,15)(H,16,17). The van der Waals surface area contributed by atoms with Crippen LogP contribution in [-0.4, -0.2) is 38.2 Å². The zero-order valence-electron chi connectivity index (χ0n) is 11.6. The Balaban J connectivity index is 2.46. The predicted octanol–water partition coefficient (Wildman–Crippen LogP) is 1.29. The minimum absolute atomic E-state index is 0.167. The third-order valence-electron chi connectivity index (χ3n) is 3.38. The van der Waals surface area contributed by atoms with E-state index in [0.717, 1.165) is 25.7 Å². The molecule has 0 spiro atoms. The summed E-state index contributed by atoms with van der Waals surface area (Å²) in [7, 11) is -1.66. The molecule has 1 amide bonds. The first-order chi connectivity index (χ1) is 8.91. The zero-order chi connectivity index (χ0) is 14.4. The normalized spacial score (nSPS) is 19.9. The fraction of sp³-hybridized carbons (Fsp3) is 0.846. The number of carbonyl (C=O) groups excluding carboxylic acids is 1. The summed E-state index contributed by atoms with van der Waals surface area (Å²) in [5.41, 5.74) is 0. The topological polar surface area (TPSA) is 83.5 Å². The summed E-state index contributed by atoms with van der Waals surface area (Å²) in [5, 5.41) is 10.9. The lowest BCUT2D eigenvalue weighted by atomic mass is 9.95. The second-order valence-electron chi connectivity index (χ2n) is 5.43. The summed E-state index contributed by atoms with van der Waals surface area (Å²) in [6, 6.07) is 0.167. The third-order valence-corrected chi connectivity index (χ3v) is 5.23. The highest BCUT2D eigenvalue weighted by Gasteiger charge is 2.30. The maximum absolute atomic E-state index is 11.9. The Morgan fingerprint density at radius 2 is 1.84 bits per heavy atom.